The maximum Gasteiger partial charge on any atom is 0.258 e. The van der Waals surface area contributed by atoms with Crippen LogP contribution >= 0.6 is 0 Å². The largest absolute Gasteiger partial charge is 0.489 e. The topological polar surface area (TPSA) is 76.7 Å². The molecule has 2 amide bonds. The third-order valence-corrected chi connectivity index (χ3v) is 4.46. The van der Waals surface area contributed by atoms with Crippen LogP contribution in [0.3, 0.4) is 0 Å². The minimum absolute atomic E-state index is 0.0970. The molecule has 0 spiro atoms. The highest BCUT2D eigenvalue weighted by Crippen LogP contribution is 2.18. The summed E-state index contributed by atoms with van der Waals surface area (Å²) in [4.78, 5) is 24.0. The Hall–Kier alpha value is -3.80. The van der Waals surface area contributed by atoms with Crippen molar-refractivity contribution in [3.05, 3.63) is 95.6 Å². The van der Waals surface area contributed by atoms with E-state index >= 15 is 0 Å². The Morgan fingerprint density at radius 3 is 2.16 bits per heavy atom. The first-order valence-electron chi connectivity index (χ1n) is 10.2. The fourth-order valence-corrected chi connectivity index (χ4v) is 2.86. The Morgan fingerprint density at radius 1 is 0.774 bits per heavy atom. The van der Waals surface area contributed by atoms with E-state index in [1.807, 2.05) is 55.5 Å². The first kappa shape index (κ1) is 21.9. The highest BCUT2D eigenvalue weighted by Gasteiger charge is 2.07. The number of nitrogens with one attached hydrogen (secondary N) is 2. The van der Waals surface area contributed by atoms with E-state index in [0.29, 0.717) is 31.0 Å². The maximum atomic E-state index is 12.1. The van der Waals surface area contributed by atoms with Gasteiger partial charge >= 0.3 is 0 Å². The molecule has 0 aliphatic heterocycles. The zero-order valence-electron chi connectivity index (χ0n) is 17.5. The molecular formula is C25H26N2O4. The van der Waals surface area contributed by atoms with Gasteiger partial charge in [-0.15, -0.1) is 0 Å². The molecule has 0 radical (unpaired) electrons. The van der Waals surface area contributed by atoms with Crippen molar-refractivity contribution in [2.75, 3.05) is 13.2 Å². The van der Waals surface area contributed by atoms with E-state index in [9.17, 15) is 9.59 Å². The highest BCUT2D eigenvalue weighted by atomic mass is 16.5. The van der Waals surface area contributed by atoms with Crippen molar-refractivity contribution in [3.63, 3.8) is 0 Å². The quantitative estimate of drug-likeness (QED) is 0.526. The lowest BCUT2D eigenvalue weighted by Gasteiger charge is -2.10. The molecule has 0 bridgehead atoms. The van der Waals surface area contributed by atoms with Gasteiger partial charge in [-0.3, -0.25) is 9.59 Å². The second-order valence-corrected chi connectivity index (χ2v) is 6.87. The molecule has 3 aromatic carbocycles. The number of amides is 2. The van der Waals surface area contributed by atoms with Crippen LogP contribution in [0.4, 0.5) is 0 Å². The lowest BCUT2D eigenvalue weighted by Crippen LogP contribution is -2.28. The fraction of sp³-hybridized carbons (Fsp3) is 0.200. The first-order chi connectivity index (χ1) is 15.1. The summed E-state index contributed by atoms with van der Waals surface area (Å²) in [6.07, 6.45) is 0. The Bertz CT molecular complexity index is 988. The molecule has 160 valence electrons. The summed E-state index contributed by atoms with van der Waals surface area (Å²) in [5.74, 6) is 0.941. The molecule has 31 heavy (non-hydrogen) atoms. The van der Waals surface area contributed by atoms with Crippen molar-refractivity contribution in [2.45, 2.75) is 20.1 Å². The standard InChI is InChI=1S/C25H26N2O4/c1-2-26-25(29)21-10-6-9-20(15-21)16-27-24(28)18-31-23-13-11-22(12-14-23)30-17-19-7-4-3-5-8-19/h3-15H,2,16-18H2,1H3,(H,26,29)(H,27,28). The Balaban J connectivity index is 1.41. The van der Waals surface area contributed by atoms with Crippen LogP contribution in [0.2, 0.25) is 0 Å². The molecule has 2 N–H and O–H groups in total. The minimum Gasteiger partial charge on any atom is -0.489 e. The fourth-order valence-electron chi connectivity index (χ4n) is 2.86. The van der Waals surface area contributed by atoms with Gasteiger partial charge in [0, 0.05) is 18.7 Å². The van der Waals surface area contributed by atoms with Crippen molar-refractivity contribution < 1.29 is 19.1 Å². The summed E-state index contributed by atoms with van der Waals surface area (Å²) in [6, 6.07) is 24.2. The van der Waals surface area contributed by atoms with Gasteiger partial charge in [0.1, 0.15) is 18.1 Å². The highest BCUT2D eigenvalue weighted by molar-refractivity contribution is 5.94. The SMILES string of the molecule is CCNC(=O)c1cccc(CNC(=O)COc2ccc(OCc3ccccc3)cc2)c1. The van der Waals surface area contributed by atoms with Crippen molar-refractivity contribution in [3.8, 4) is 11.5 Å². The lowest BCUT2D eigenvalue weighted by atomic mass is 10.1. The average Bonchev–Trinajstić information content (AvgIpc) is 2.82. The van der Waals surface area contributed by atoms with Gasteiger partial charge in [0.2, 0.25) is 0 Å². The van der Waals surface area contributed by atoms with Crippen LogP contribution in [0.5, 0.6) is 11.5 Å². The molecule has 0 heterocycles. The van der Waals surface area contributed by atoms with E-state index in [2.05, 4.69) is 10.6 Å². The lowest BCUT2D eigenvalue weighted by molar-refractivity contribution is -0.123. The molecule has 3 rings (SSSR count). The van der Waals surface area contributed by atoms with Gasteiger partial charge in [0.15, 0.2) is 6.61 Å². The van der Waals surface area contributed by atoms with Crippen molar-refractivity contribution in [2.24, 2.45) is 0 Å². The third kappa shape index (κ3) is 7.19. The molecule has 0 fully saturated rings. The second kappa shape index (κ2) is 11.4. The number of benzene rings is 3. The molecule has 0 aliphatic carbocycles. The van der Waals surface area contributed by atoms with Crippen molar-refractivity contribution in [1.82, 2.24) is 10.6 Å². The van der Waals surface area contributed by atoms with Gasteiger partial charge in [0.05, 0.1) is 0 Å². The van der Waals surface area contributed by atoms with Gasteiger partial charge in [0.25, 0.3) is 11.8 Å². The van der Waals surface area contributed by atoms with E-state index in [0.717, 1.165) is 16.9 Å². The summed E-state index contributed by atoms with van der Waals surface area (Å²) in [5, 5.41) is 5.55. The van der Waals surface area contributed by atoms with E-state index in [4.69, 9.17) is 9.47 Å². The van der Waals surface area contributed by atoms with Gasteiger partial charge < -0.3 is 20.1 Å². The van der Waals surface area contributed by atoms with Gasteiger partial charge in [-0.25, -0.2) is 0 Å². The van der Waals surface area contributed by atoms with Crippen LogP contribution in [-0.2, 0) is 17.9 Å². The molecule has 6 nitrogen and oxygen atoms in total. The smallest absolute Gasteiger partial charge is 0.258 e. The van der Waals surface area contributed by atoms with Crippen molar-refractivity contribution >= 4 is 11.8 Å². The van der Waals surface area contributed by atoms with Crippen LogP contribution < -0.4 is 20.1 Å². The van der Waals surface area contributed by atoms with E-state index in [1.54, 1.807) is 30.3 Å². The molecule has 6 heteroatoms. The summed E-state index contributed by atoms with van der Waals surface area (Å²) >= 11 is 0. The van der Waals surface area contributed by atoms with Crippen LogP contribution in [0.15, 0.2) is 78.9 Å². The first-order valence-corrected chi connectivity index (χ1v) is 10.2. The number of carbonyl (C=O) groups excluding carboxylic acids is 2. The molecule has 0 aromatic heterocycles. The summed E-state index contributed by atoms with van der Waals surface area (Å²) in [7, 11) is 0. The average molecular weight is 418 g/mol. The molecular weight excluding hydrogens is 392 g/mol. The second-order valence-electron chi connectivity index (χ2n) is 6.87. The number of hydrogen-bond donors (Lipinski definition) is 2. The molecule has 0 saturated carbocycles. The minimum atomic E-state index is -0.243. The monoisotopic (exact) mass is 418 g/mol. The summed E-state index contributed by atoms with van der Waals surface area (Å²) < 4.78 is 11.3. The van der Waals surface area contributed by atoms with Crippen LogP contribution in [0, 0.1) is 0 Å². The third-order valence-electron chi connectivity index (χ3n) is 4.46. The zero-order chi connectivity index (χ0) is 21.9. The van der Waals surface area contributed by atoms with Gasteiger partial charge in [-0.05, 0) is 54.4 Å². The van der Waals surface area contributed by atoms with Crippen LogP contribution in [0.25, 0.3) is 0 Å². The number of carbonyl (C=O) groups is 2. The van der Waals surface area contributed by atoms with Gasteiger partial charge in [-0.1, -0.05) is 42.5 Å². The molecule has 0 saturated heterocycles. The van der Waals surface area contributed by atoms with Crippen LogP contribution in [0.1, 0.15) is 28.4 Å². The zero-order valence-corrected chi connectivity index (χ0v) is 17.5. The predicted molar refractivity (Wildman–Crippen MR) is 119 cm³/mol. The predicted octanol–water partition coefficient (Wildman–Crippen LogP) is 3.71. The van der Waals surface area contributed by atoms with E-state index in [1.165, 1.54) is 0 Å². The van der Waals surface area contributed by atoms with Gasteiger partial charge in [-0.2, -0.15) is 0 Å². The molecule has 0 aliphatic rings. The maximum absolute atomic E-state index is 12.1. The van der Waals surface area contributed by atoms with E-state index in [-0.39, 0.29) is 18.4 Å². The van der Waals surface area contributed by atoms with Crippen LogP contribution in [-0.4, -0.2) is 25.0 Å². The number of rotatable bonds is 10. The number of hydrogen-bond acceptors (Lipinski definition) is 4. The molecule has 0 unspecified atom stereocenters. The van der Waals surface area contributed by atoms with E-state index < -0.39 is 0 Å². The molecule has 3 aromatic rings. The number of ether oxygens (including phenoxy) is 2. The Labute approximate surface area is 182 Å². The summed E-state index contributed by atoms with van der Waals surface area (Å²) in [5.41, 5.74) is 2.51. The Morgan fingerprint density at radius 2 is 1.45 bits per heavy atom. The summed E-state index contributed by atoms with van der Waals surface area (Å²) in [6.45, 7) is 3.15. The molecule has 0 atom stereocenters. The van der Waals surface area contributed by atoms with Crippen molar-refractivity contribution in [1.29, 1.82) is 0 Å². The normalized spacial score (nSPS) is 10.2. The Kier molecular flexibility index (Phi) is 8.05.